The number of ether oxygens (including phenoxy) is 2. The Labute approximate surface area is 139 Å². The molecule has 0 saturated heterocycles. The van der Waals surface area contributed by atoms with Crippen LogP contribution in [0.4, 0.5) is 0 Å². The average Bonchev–Trinajstić information content (AvgIpc) is 2.95. The second-order valence-corrected chi connectivity index (χ2v) is 6.47. The van der Waals surface area contributed by atoms with Gasteiger partial charge in [-0.15, -0.1) is 0 Å². The van der Waals surface area contributed by atoms with Crippen molar-refractivity contribution >= 4 is 17.7 Å². The summed E-state index contributed by atoms with van der Waals surface area (Å²) >= 11 is 0. The van der Waals surface area contributed by atoms with E-state index >= 15 is 0 Å². The third-order valence-electron chi connectivity index (χ3n) is 4.98. The maximum Gasteiger partial charge on any atom is 0.313 e. The molecule has 0 aromatic carbocycles. The van der Waals surface area contributed by atoms with Crippen molar-refractivity contribution in [2.45, 2.75) is 44.4 Å². The van der Waals surface area contributed by atoms with Gasteiger partial charge in [0.1, 0.15) is 18.0 Å². The molecule has 1 aromatic heterocycles. The highest BCUT2D eigenvalue weighted by Gasteiger charge is 2.40. The van der Waals surface area contributed by atoms with Gasteiger partial charge in [0.25, 0.3) is 0 Å². The van der Waals surface area contributed by atoms with E-state index in [0.717, 1.165) is 11.5 Å². The number of oxazole rings is 1. The van der Waals surface area contributed by atoms with Gasteiger partial charge >= 0.3 is 11.9 Å². The first-order valence-electron chi connectivity index (χ1n) is 8.17. The van der Waals surface area contributed by atoms with Gasteiger partial charge < -0.3 is 13.9 Å². The number of carbonyl (C=O) groups excluding carboxylic acids is 3. The smallest absolute Gasteiger partial charge is 0.313 e. The lowest BCUT2D eigenvalue weighted by molar-refractivity contribution is -0.149. The summed E-state index contributed by atoms with van der Waals surface area (Å²) in [6.07, 6.45) is 3.01. The molecule has 0 spiro atoms. The van der Waals surface area contributed by atoms with Crippen LogP contribution >= 0.6 is 0 Å². The Morgan fingerprint density at radius 3 is 2.58 bits per heavy atom. The van der Waals surface area contributed by atoms with Crippen LogP contribution in [0.2, 0.25) is 0 Å². The van der Waals surface area contributed by atoms with Gasteiger partial charge in [-0.1, -0.05) is 0 Å². The van der Waals surface area contributed by atoms with Crippen LogP contribution in [0.15, 0.2) is 4.42 Å². The van der Waals surface area contributed by atoms with Gasteiger partial charge in [0.15, 0.2) is 5.89 Å². The first-order valence-corrected chi connectivity index (χ1v) is 8.17. The molecular weight excluding hydrogens is 314 g/mol. The fraction of sp³-hybridized carbons (Fsp3) is 0.647. The van der Waals surface area contributed by atoms with Crippen LogP contribution in [0, 0.1) is 11.8 Å². The van der Waals surface area contributed by atoms with Crippen molar-refractivity contribution in [3.8, 4) is 0 Å². The Morgan fingerprint density at radius 2 is 1.92 bits per heavy atom. The number of aromatic nitrogens is 1. The van der Waals surface area contributed by atoms with Crippen molar-refractivity contribution in [3.63, 3.8) is 0 Å². The molecule has 0 N–H and O–H groups in total. The first kappa shape index (κ1) is 16.7. The molecule has 0 radical (unpaired) electrons. The van der Waals surface area contributed by atoms with E-state index in [9.17, 15) is 14.4 Å². The van der Waals surface area contributed by atoms with E-state index < -0.39 is 5.97 Å². The number of nitrogens with zero attached hydrogens (tertiary/aromatic N) is 1. The fourth-order valence-corrected chi connectivity index (χ4v) is 3.38. The van der Waals surface area contributed by atoms with E-state index in [0.29, 0.717) is 38.0 Å². The summed E-state index contributed by atoms with van der Waals surface area (Å²) in [6.45, 7) is 0. The predicted octanol–water partition coefficient (Wildman–Crippen LogP) is 1.58. The summed E-state index contributed by atoms with van der Waals surface area (Å²) in [5, 5.41) is 0. The molecule has 1 fully saturated rings. The van der Waals surface area contributed by atoms with Gasteiger partial charge in [-0.2, -0.15) is 0 Å². The highest BCUT2D eigenvalue weighted by molar-refractivity contribution is 5.96. The van der Waals surface area contributed by atoms with Crippen LogP contribution in [0.5, 0.6) is 0 Å². The van der Waals surface area contributed by atoms with Crippen LogP contribution in [-0.2, 0) is 36.7 Å². The lowest BCUT2D eigenvalue weighted by Crippen LogP contribution is -2.30. The van der Waals surface area contributed by atoms with Gasteiger partial charge in [0.2, 0.25) is 0 Å². The molecule has 1 saturated carbocycles. The summed E-state index contributed by atoms with van der Waals surface area (Å²) < 4.78 is 15.1. The minimum Gasteiger partial charge on any atom is -0.469 e. The second-order valence-electron chi connectivity index (χ2n) is 6.47. The lowest BCUT2D eigenvalue weighted by atomic mass is 9.75. The number of esters is 2. The molecule has 0 aliphatic heterocycles. The number of methoxy groups -OCH3 is 2. The second kappa shape index (κ2) is 6.75. The highest BCUT2D eigenvalue weighted by atomic mass is 16.5. The molecule has 24 heavy (non-hydrogen) atoms. The molecule has 1 unspecified atom stereocenters. The Morgan fingerprint density at radius 1 is 1.17 bits per heavy atom. The predicted molar refractivity (Wildman–Crippen MR) is 81.1 cm³/mol. The maximum atomic E-state index is 12.1. The van der Waals surface area contributed by atoms with Crippen molar-refractivity contribution in [3.05, 3.63) is 17.3 Å². The van der Waals surface area contributed by atoms with Gasteiger partial charge in [-0.05, 0) is 25.7 Å². The topological polar surface area (TPSA) is 95.7 Å². The molecule has 130 valence electrons. The molecule has 1 heterocycles. The van der Waals surface area contributed by atoms with Crippen molar-refractivity contribution in [1.29, 1.82) is 0 Å². The van der Waals surface area contributed by atoms with Crippen LogP contribution < -0.4 is 0 Å². The number of aryl methyl sites for hydroxylation is 1. The number of fused-ring (bicyclic) bond motifs is 1. The summed E-state index contributed by atoms with van der Waals surface area (Å²) in [5.74, 6) is 0.439. The van der Waals surface area contributed by atoms with E-state index in [4.69, 9.17) is 9.15 Å². The summed E-state index contributed by atoms with van der Waals surface area (Å²) in [6, 6.07) is 0. The van der Waals surface area contributed by atoms with Gasteiger partial charge in [-0.3, -0.25) is 14.4 Å². The average molecular weight is 335 g/mol. The van der Waals surface area contributed by atoms with Gasteiger partial charge in [-0.25, -0.2) is 4.98 Å². The van der Waals surface area contributed by atoms with E-state index in [-0.39, 0.29) is 35.9 Å². The van der Waals surface area contributed by atoms with Crippen molar-refractivity contribution in [1.82, 2.24) is 4.98 Å². The summed E-state index contributed by atoms with van der Waals surface area (Å²) in [7, 11) is 2.67. The Bertz CT molecular complexity index is 658. The van der Waals surface area contributed by atoms with E-state index in [1.54, 1.807) is 0 Å². The number of hydrogen-bond acceptors (Lipinski definition) is 7. The zero-order valence-electron chi connectivity index (χ0n) is 13.9. The van der Waals surface area contributed by atoms with Crippen LogP contribution in [0.3, 0.4) is 0 Å². The SMILES string of the molecule is COC(=O)CC(=O)C1CCc2nc([C@H]3C[C@H](C(=O)OC)C3)oc2C1. The van der Waals surface area contributed by atoms with E-state index in [1.807, 2.05) is 0 Å². The van der Waals surface area contributed by atoms with Crippen LogP contribution in [0.25, 0.3) is 0 Å². The molecule has 1 aromatic rings. The summed E-state index contributed by atoms with van der Waals surface area (Å²) in [4.78, 5) is 39.4. The molecule has 3 rings (SSSR count). The standard InChI is InChI=1S/C17H21NO6/c1-22-15(20)8-13(19)9-3-4-12-14(7-9)24-16(18-12)10-5-11(6-10)17(21)23-2/h9-11H,3-8H2,1-2H3/t9?,10-,11-. The molecule has 0 bridgehead atoms. The fourth-order valence-electron chi connectivity index (χ4n) is 3.38. The first-order chi connectivity index (χ1) is 11.5. The number of ketones is 1. The highest BCUT2D eigenvalue weighted by Crippen LogP contribution is 2.43. The maximum absolute atomic E-state index is 12.1. The van der Waals surface area contributed by atoms with Gasteiger partial charge in [0, 0.05) is 18.3 Å². The van der Waals surface area contributed by atoms with E-state index in [1.165, 1.54) is 14.2 Å². The zero-order valence-corrected chi connectivity index (χ0v) is 13.9. The Hall–Kier alpha value is -2.18. The van der Waals surface area contributed by atoms with E-state index in [2.05, 4.69) is 9.72 Å². The number of Topliss-reactive ketones (excluding diaryl/α,β-unsaturated/α-hetero) is 1. The Balaban J connectivity index is 1.60. The minimum absolute atomic E-state index is 0.0710. The van der Waals surface area contributed by atoms with Crippen molar-refractivity contribution < 1.29 is 28.3 Å². The number of carbonyl (C=O) groups is 3. The van der Waals surface area contributed by atoms with Gasteiger partial charge in [0.05, 0.1) is 25.8 Å². The molecule has 2 aliphatic rings. The van der Waals surface area contributed by atoms with Crippen molar-refractivity contribution in [2.75, 3.05) is 14.2 Å². The monoisotopic (exact) mass is 335 g/mol. The molecule has 7 heteroatoms. The molecule has 1 atom stereocenters. The third-order valence-corrected chi connectivity index (χ3v) is 4.98. The largest absolute Gasteiger partial charge is 0.469 e. The van der Waals surface area contributed by atoms with Crippen molar-refractivity contribution in [2.24, 2.45) is 11.8 Å². The quantitative estimate of drug-likeness (QED) is 0.595. The minimum atomic E-state index is -0.507. The lowest BCUT2D eigenvalue weighted by Gasteiger charge is -2.30. The molecule has 7 nitrogen and oxygen atoms in total. The third kappa shape index (κ3) is 3.20. The van der Waals surface area contributed by atoms with Crippen LogP contribution in [-0.4, -0.2) is 36.9 Å². The zero-order chi connectivity index (χ0) is 17.3. The van der Waals surface area contributed by atoms with Crippen LogP contribution in [0.1, 0.15) is 48.9 Å². The molecular formula is C17H21NO6. The normalized spacial score (nSPS) is 25.3. The summed E-state index contributed by atoms with van der Waals surface area (Å²) in [5.41, 5.74) is 0.897. The number of rotatable bonds is 5. The molecule has 2 aliphatic carbocycles. The Kier molecular flexibility index (Phi) is 4.69. The number of hydrogen-bond donors (Lipinski definition) is 0. The molecule has 0 amide bonds.